The number of ether oxygens (including phenoxy) is 3. The first-order chi connectivity index (χ1) is 16.1. The number of amides is 1. The second kappa shape index (κ2) is 10.5. The zero-order valence-electron chi connectivity index (χ0n) is 19.3. The maximum atomic E-state index is 12.6. The van der Waals surface area contributed by atoms with Crippen LogP contribution in [0.15, 0.2) is 55.1 Å². The molecule has 1 aromatic heterocycles. The van der Waals surface area contributed by atoms with Gasteiger partial charge in [-0.2, -0.15) is 0 Å². The van der Waals surface area contributed by atoms with E-state index in [-0.39, 0.29) is 18.1 Å². The van der Waals surface area contributed by atoms with Crippen LogP contribution in [0.2, 0.25) is 0 Å². The Bertz CT molecular complexity index is 1120. The summed E-state index contributed by atoms with van der Waals surface area (Å²) in [6.07, 6.45) is 3.94. The number of benzene rings is 2. The van der Waals surface area contributed by atoms with E-state index in [0.29, 0.717) is 31.3 Å². The Morgan fingerprint density at radius 1 is 1.33 bits per heavy atom. The van der Waals surface area contributed by atoms with Gasteiger partial charge in [-0.3, -0.25) is 4.79 Å². The summed E-state index contributed by atoms with van der Waals surface area (Å²) >= 11 is 0. The van der Waals surface area contributed by atoms with E-state index in [4.69, 9.17) is 19.2 Å². The molecule has 2 heterocycles. The lowest BCUT2D eigenvalue weighted by Gasteiger charge is -2.19. The average molecular weight is 450 g/mol. The number of allylic oxidation sites excluding steroid dienone is 1. The van der Waals surface area contributed by atoms with Gasteiger partial charge in [0.2, 0.25) is 5.91 Å². The predicted octanol–water partition coefficient (Wildman–Crippen LogP) is 4.21. The number of rotatable bonds is 10. The summed E-state index contributed by atoms with van der Waals surface area (Å²) in [6.45, 7) is 7.38. The molecule has 174 valence electrons. The molecule has 1 N–H and O–H groups in total. The molecule has 7 nitrogen and oxygen atoms in total. The summed E-state index contributed by atoms with van der Waals surface area (Å²) < 4.78 is 19.2. The van der Waals surface area contributed by atoms with Crippen molar-refractivity contribution in [2.24, 2.45) is 0 Å². The predicted molar refractivity (Wildman–Crippen MR) is 128 cm³/mol. The van der Waals surface area contributed by atoms with Crippen molar-refractivity contribution < 1.29 is 19.0 Å². The van der Waals surface area contributed by atoms with Gasteiger partial charge in [-0.1, -0.05) is 24.3 Å². The Kier molecular flexibility index (Phi) is 7.29. The summed E-state index contributed by atoms with van der Waals surface area (Å²) in [4.78, 5) is 17.4. The highest BCUT2D eigenvalue weighted by Crippen LogP contribution is 2.29. The summed E-state index contributed by atoms with van der Waals surface area (Å²) in [5.74, 6) is 2.09. The van der Waals surface area contributed by atoms with Crippen LogP contribution in [0.25, 0.3) is 11.0 Å². The molecule has 1 aliphatic heterocycles. The van der Waals surface area contributed by atoms with Crippen LogP contribution in [0.4, 0.5) is 0 Å². The van der Waals surface area contributed by atoms with Crippen LogP contribution in [0.5, 0.6) is 11.5 Å². The largest absolute Gasteiger partial charge is 0.493 e. The Morgan fingerprint density at radius 3 is 2.94 bits per heavy atom. The van der Waals surface area contributed by atoms with Gasteiger partial charge in [-0.05, 0) is 56.0 Å². The van der Waals surface area contributed by atoms with E-state index in [9.17, 15) is 4.79 Å². The number of carbonyl (C=O) groups is 1. The molecular weight excluding hydrogens is 418 g/mol. The number of fused-ring (bicyclic) bond motifs is 1. The number of aromatic nitrogens is 2. The van der Waals surface area contributed by atoms with Crippen molar-refractivity contribution in [3.63, 3.8) is 0 Å². The number of imidazole rings is 1. The topological polar surface area (TPSA) is 74.6 Å². The molecule has 1 fully saturated rings. The van der Waals surface area contributed by atoms with Gasteiger partial charge in [-0.15, -0.1) is 6.58 Å². The van der Waals surface area contributed by atoms with Crippen LogP contribution in [-0.4, -0.2) is 41.9 Å². The quantitative estimate of drug-likeness (QED) is 0.470. The summed E-state index contributed by atoms with van der Waals surface area (Å²) in [6, 6.07) is 13.6. The normalized spacial score (nSPS) is 16.5. The minimum Gasteiger partial charge on any atom is -0.493 e. The zero-order valence-corrected chi connectivity index (χ0v) is 19.3. The smallest absolute Gasteiger partial charge is 0.249 e. The van der Waals surface area contributed by atoms with Gasteiger partial charge in [0.05, 0.1) is 30.7 Å². The van der Waals surface area contributed by atoms with Crippen LogP contribution in [0.1, 0.15) is 37.2 Å². The van der Waals surface area contributed by atoms with Crippen LogP contribution in [0.3, 0.4) is 0 Å². The minimum atomic E-state index is -0.370. The Morgan fingerprint density at radius 2 is 2.18 bits per heavy atom. The second-order valence-corrected chi connectivity index (χ2v) is 8.17. The third-order valence-electron chi connectivity index (χ3n) is 5.83. The highest BCUT2D eigenvalue weighted by molar-refractivity contribution is 5.81. The maximum absolute atomic E-state index is 12.6. The SMILES string of the molecule is C=CCc1ccc(OCCn2c(C(C)NC(=O)C3CCCO3)nc3ccccc32)c(OC)c1. The highest BCUT2D eigenvalue weighted by atomic mass is 16.5. The second-order valence-electron chi connectivity index (χ2n) is 8.17. The molecule has 7 heteroatoms. The standard InChI is InChI=1S/C26H31N3O4/c1-4-8-19-12-13-22(24(17-19)31-3)33-16-14-29-21-10-6-5-9-20(21)28-25(29)18(2)27-26(30)23-11-7-15-32-23/h4-6,9-10,12-13,17-18,23H,1,7-8,11,14-16H2,2-3H3,(H,27,30). The number of hydrogen-bond acceptors (Lipinski definition) is 5. The van der Waals surface area contributed by atoms with Crippen molar-refractivity contribution >= 4 is 16.9 Å². The third kappa shape index (κ3) is 5.20. The van der Waals surface area contributed by atoms with Crippen LogP contribution in [-0.2, 0) is 22.5 Å². The van der Waals surface area contributed by atoms with E-state index in [1.54, 1.807) is 7.11 Å². The lowest BCUT2D eigenvalue weighted by Crippen LogP contribution is -2.36. The Balaban J connectivity index is 1.50. The van der Waals surface area contributed by atoms with Crippen molar-refractivity contribution in [2.75, 3.05) is 20.3 Å². The first kappa shape index (κ1) is 22.9. The number of methoxy groups -OCH3 is 1. The molecule has 4 rings (SSSR count). The van der Waals surface area contributed by atoms with Crippen LogP contribution >= 0.6 is 0 Å². The minimum absolute atomic E-state index is 0.0841. The van der Waals surface area contributed by atoms with Gasteiger partial charge in [0, 0.05) is 6.61 Å². The fourth-order valence-corrected chi connectivity index (χ4v) is 4.19. The molecule has 2 aromatic carbocycles. The van der Waals surface area contributed by atoms with Crippen LogP contribution in [0, 0.1) is 0 Å². The van der Waals surface area contributed by atoms with Crippen molar-refractivity contribution in [1.82, 2.24) is 14.9 Å². The van der Waals surface area contributed by atoms with E-state index in [1.807, 2.05) is 55.5 Å². The van der Waals surface area contributed by atoms with Gasteiger partial charge in [-0.25, -0.2) is 4.98 Å². The van der Waals surface area contributed by atoms with E-state index < -0.39 is 0 Å². The lowest BCUT2D eigenvalue weighted by atomic mass is 10.1. The highest BCUT2D eigenvalue weighted by Gasteiger charge is 2.26. The molecule has 0 saturated carbocycles. The average Bonchev–Trinajstić information content (AvgIpc) is 3.49. The lowest BCUT2D eigenvalue weighted by molar-refractivity contribution is -0.130. The molecule has 0 aliphatic carbocycles. The molecule has 2 unspecified atom stereocenters. The number of para-hydroxylation sites is 2. The molecule has 1 saturated heterocycles. The van der Waals surface area contributed by atoms with E-state index in [2.05, 4.69) is 16.5 Å². The van der Waals surface area contributed by atoms with Crippen molar-refractivity contribution in [3.05, 3.63) is 66.5 Å². The summed E-state index contributed by atoms with van der Waals surface area (Å²) in [5, 5.41) is 3.07. The Labute approximate surface area is 194 Å². The Hall–Kier alpha value is -3.32. The fraction of sp³-hybridized carbons (Fsp3) is 0.385. The maximum Gasteiger partial charge on any atom is 0.249 e. The number of carbonyl (C=O) groups excluding carboxylic acids is 1. The molecule has 1 aliphatic rings. The molecule has 1 amide bonds. The molecule has 2 atom stereocenters. The van der Waals surface area contributed by atoms with Crippen molar-refractivity contribution in [1.29, 1.82) is 0 Å². The monoisotopic (exact) mass is 449 g/mol. The molecule has 0 bridgehead atoms. The molecule has 0 spiro atoms. The van der Waals surface area contributed by atoms with Crippen LogP contribution < -0.4 is 14.8 Å². The summed E-state index contributed by atoms with van der Waals surface area (Å²) in [5.41, 5.74) is 3.01. The first-order valence-electron chi connectivity index (χ1n) is 11.4. The first-order valence-corrected chi connectivity index (χ1v) is 11.4. The molecule has 3 aromatic rings. The molecule has 33 heavy (non-hydrogen) atoms. The van der Waals surface area contributed by atoms with E-state index in [1.165, 1.54) is 0 Å². The van der Waals surface area contributed by atoms with E-state index >= 15 is 0 Å². The zero-order chi connectivity index (χ0) is 23.2. The molecular formula is C26H31N3O4. The van der Waals surface area contributed by atoms with E-state index in [0.717, 1.165) is 41.7 Å². The van der Waals surface area contributed by atoms with Crippen molar-refractivity contribution in [2.45, 2.75) is 44.9 Å². The number of hydrogen-bond donors (Lipinski definition) is 1. The van der Waals surface area contributed by atoms with Gasteiger partial charge in [0.1, 0.15) is 18.5 Å². The fourth-order valence-electron chi connectivity index (χ4n) is 4.19. The van der Waals surface area contributed by atoms with Crippen molar-refractivity contribution in [3.8, 4) is 11.5 Å². The molecule has 0 radical (unpaired) electrons. The summed E-state index contributed by atoms with van der Waals surface area (Å²) in [7, 11) is 1.64. The number of nitrogens with zero attached hydrogens (tertiary/aromatic N) is 2. The van der Waals surface area contributed by atoms with Gasteiger partial charge < -0.3 is 24.1 Å². The van der Waals surface area contributed by atoms with Gasteiger partial charge >= 0.3 is 0 Å². The number of nitrogens with one attached hydrogen (secondary N) is 1. The van der Waals surface area contributed by atoms with Gasteiger partial charge in [0.25, 0.3) is 0 Å². The third-order valence-corrected chi connectivity index (χ3v) is 5.83. The van der Waals surface area contributed by atoms with Gasteiger partial charge in [0.15, 0.2) is 11.5 Å².